The zero-order chi connectivity index (χ0) is 20.3. The number of esters is 1. The summed E-state index contributed by atoms with van der Waals surface area (Å²) in [7, 11) is 1.65. The molecule has 0 amide bonds. The molecule has 0 radical (unpaired) electrons. The van der Waals surface area contributed by atoms with Gasteiger partial charge >= 0.3 is 5.97 Å². The van der Waals surface area contributed by atoms with Crippen molar-refractivity contribution in [3.63, 3.8) is 0 Å². The molecule has 6 heteroatoms. The average molecular weight is 383 g/mol. The normalized spacial score (nSPS) is 13.9. The second-order valence-corrected chi connectivity index (χ2v) is 6.95. The van der Waals surface area contributed by atoms with Crippen LogP contribution in [0.5, 0.6) is 5.75 Å². The monoisotopic (exact) mass is 383 g/mol. The van der Waals surface area contributed by atoms with Gasteiger partial charge in [0.1, 0.15) is 12.4 Å². The molecule has 0 aliphatic carbocycles. The maximum Gasteiger partial charge on any atom is 0.337 e. The first-order valence-electron chi connectivity index (χ1n) is 9.22. The van der Waals surface area contributed by atoms with Gasteiger partial charge < -0.3 is 18.8 Å². The van der Waals surface area contributed by atoms with E-state index in [9.17, 15) is 9.59 Å². The van der Waals surface area contributed by atoms with Crippen molar-refractivity contribution in [3.8, 4) is 5.75 Å². The van der Waals surface area contributed by atoms with E-state index in [0.717, 1.165) is 22.7 Å². The molecule has 1 aliphatic heterocycles. The summed E-state index contributed by atoms with van der Waals surface area (Å²) in [5.41, 5.74) is 3.59. The van der Waals surface area contributed by atoms with Crippen LogP contribution in [0, 0.1) is 13.8 Å². The third kappa shape index (κ3) is 4.02. The summed E-state index contributed by atoms with van der Waals surface area (Å²) in [6.45, 7) is 6.25. The predicted octanol–water partition coefficient (Wildman–Crippen LogP) is 3.51. The average Bonchev–Trinajstić information content (AvgIpc) is 2.99. The Balaban J connectivity index is 1.67. The zero-order valence-electron chi connectivity index (χ0n) is 16.7. The summed E-state index contributed by atoms with van der Waals surface area (Å²) < 4.78 is 18.1. The van der Waals surface area contributed by atoms with Gasteiger partial charge in [-0.2, -0.15) is 0 Å². The number of nitrogens with zero attached hydrogens (tertiary/aromatic N) is 1. The number of fused-ring (bicyclic) bond motifs is 1. The summed E-state index contributed by atoms with van der Waals surface area (Å²) in [6, 6.07) is 9.39. The lowest BCUT2D eigenvalue weighted by Crippen LogP contribution is -2.21. The van der Waals surface area contributed by atoms with Crippen molar-refractivity contribution in [1.82, 2.24) is 4.57 Å². The number of hydrogen-bond acceptors (Lipinski definition) is 5. The number of Topliss-reactive ketones (excluding diaryl/α,β-unsaturated/α-hetero) is 1. The van der Waals surface area contributed by atoms with Crippen molar-refractivity contribution in [2.24, 2.45) is 0 Å². The first-order chi connectivity index (χ1) is 13.4. The molecule has 0 saturated carbocycles. The summed E-state index contributed by atoms with van der Waals surface area (Å²) in [6.07, 6.45) is 1.74. The Kier molecular flexibility index (Phi) is 5.99. The Morgan fingerprint density at radius 2 is 2.00 bits per heavy atom. The first-order valence-corrected chi connectivity index (χ1v) is 9.22. The highest BCUT2D eigenvalue weighted by molar-refractivity contribution is 6.01. The summed E-state index contributed by atoms with van der Waals surface area (Å²) >= 11 is 0. The topological polar surface area (TPSA) is 66.8 Å². The lowest BCUT2D eigenvalue weighted by atomic mass is 10.1. The van der Waals surface area contributed by atoms with Gasteiger partial charge in [0.25, 0.3) is 0 Å². The van der Waals surface area contributed by atoms with Gasteiger partial charge in [0, 0.05) is 29.6 Å². The van der Waals surface area contributed by atoms with E-state index in [4.69, 9.17) is 14.2 Å². The van der Waals surface area contributed by atoms with Gasteiger partial charge in [0.05, 0.1) is 18.2 Å². The van der Waals surface area contributed by atoms with Gasteiger partial charge in [-0.3, -0.25) is 4.79 Å². The summed E-state index contributed by atoms with van der Waals surface area (Å²) in [4.78, 5) is 25.0. The molecule has 0 spiro atoms. The quantitative estimate of drug-likeness (QED) is 0.541. The minimum absolute atomic E-state index is 0.110. The van der Waals surface area contributed by atoms with Crippen molar-refractivity contribution in [3.05, 3.63) is 58.4 Å². The molecule has 1 aromatic carbocycles. The van der Waals surface area contributed by atoms with Gasteiger partial charge in [-0.05, 0) is 39.0 Å². The van der Waals surface area contributed by atoms with E-state index in [0.29, 0.717) is 17.7 Å². The number of ether oxygens (including phenoxy) is 3. The van der Waals surface area contributed by atoms with Crippen molar-refractivity contribution in [1.29, 1.82) is 0 Å². The van der Waals surface area contributed by atoms with E-state index in [-0.39, 0.29) is 25.0 Å². The molecule has 1 aliphatic rings. The van der Waals surface area contributed by atoms with Crippen LogP contribution in [0.25, 0.3) is 6.08 Å². The highest BCUT2D eigenvalue weighted by atomic mass is 16.5. The number of rotatable bonds is 7. The number of para-hydroxylation sites is 1. The number of aryl methyl sites for hydroxylation is 1. The lowest BCUT2D eigenvalue weighted by Gasteiger charge is -2.18. The third-order valence-corrected chi connectivity index (χ3v) is 4.86. The molecule has 0 N–H and O–H groups in total. The van der Waals surface area contributed by atoms with Crippen LogP contribution in [0.4, 0.5) is 0 Å². The maximum atomic E-state index is 12.6. The Morgan fingerprint density at radius 1 is 1.25 bits per heavy atom. The zero-order valence-corrected chi connectivity index (χ0v) is 16.7. The Hall–Kier alpha value is -2.86. The second kappa shape index (κ2) is 8.44. The van der Waals surface area contributed by atoms with Gasteiger partial charge in [-0.25, -0.2) is 4.79 Å². The van der Waals surface area contributed by atoms with Crippen LogP contribution in [0.3, 0.4) is 0 Å². The van der Waals surface area contributed by atoms with Crippen LogP contribution in [0.1, 0.15) is 40.3 Å². The van der Waals surface area contributed by atoms with Crippen LogP contribution in [0.15, 0.2) is 35.9 Å². The number of benzene rings is 1. The largest absolute Gasteiger partial charge is 0.488 e. The predicted molar refractivity (Wildman–Crippen MR) is 106 cm³/mol. The Labute approximate surface area is 164 Å². The van der Waals surface area contributed by atoms with Crippen LogP contribution in [-0.4, -0.2) is 43.3 Å². The molecule has 0 saturated heterocycles. The molecule has 6 nitrogen and oxygen atoms in total. The van der Waals surface area contributed by atoms with Crippen LogP contribution >= 0.6 is 0 Å². The molecule has 2 aromatic rings. The number of ketones is 1. The van der Waals surface area contributed by atoms with Crippen molar-refractivity contribution in [2.75, 3.05) is 26.9 Å². The first kappa shape index (κ1) is 19.9. The lowest BCUT2D eigenvalue weighted by molar-refractivity contribution is -0.138. The van der Waals surface area contributed by atoms with E-state index < -0.39 is 5.97 Å². The molecule has 0 bridgehead atoms. The van der Waals surface area contributed by atoms with Gasteiger partial charge in [0.15, 0.2) is 6.61 Å². The molecule has 1 atom stereocenters. The van der Waals surface area contributed by atoms with E-state index >= 15 is 0 Å². The molecule has 0 unspecified atom stereocenters. The smallest absolute Gasteiger partial charge is 0.337 e. The van der Waals surface area contributed by atoms with E-state index in [1.54, 1.807) is 13.2 Å². The second-order valence-electron chi connectivity index (χ2n) is 6.95. The number of aromatic nitrogens is 1. The number of methoxy groups -OCH3 is 1. The third-order valence-electron chi connectivity index (χ3n) is 4.86. The highest BCUT2D eigenvalue weighted by Crippen LogP contribution is 2.26. The molecular weight excluding hydrogens is 358 g/mol. The Morgan fingerprint density at radius 3 is 2.75 bits per heavy atom. The summed E-state index contributed by atoms with van der Waals surface area (Å²) in [5, 5.41) is 0. The molecule has 3 rings (SSSR count). The molecule has 0 fully saturated rings. The minimum atomic E-state index is -0.538. The maximum absolute atomic E-state index is 12.6. The fourth-order valence-corrected chi connectivity index (χ4v) is 3.59. The number of carbonyl (C=O) groups excluding carboxylic acids is 2. The van der Waals surface area contributed by atoms with E-state index in [1.165, 1.54) is 0 Å². The van der Waals surface area contributed by atoms with Gasteiger partial charge in [0.2, 0.25) is 5.78 Å². The molecule has 148 valence electrons. The fourth-order valence-electron chi connectivity index (χ4n) is 3.59. The standard InChI is InChI=1S/C22H25NO5/c1-14-9-19(16(3)23(14)15(2)11-26-4)20(24)13-28-22(25)18-10-17-7-5-6-8-21(17)27-12-18/h5-10,15H,11-13H2,1-4H3/t15-/m0/s1. The highest BCUT2D eigenvalue weighted by Gasteiger charge is 2.22. The Bertz CT molecular complexity index is 925. The molecule has 2 heterocycles. The van der Waals surface area contributed by atoms with Crippen LogP contribution in [0.2, 0.25) is 0 Å². The number of hydrogen-bond donors (Lipinski definition) is 0. The van der Waals surface area contributed by atoms with Crippen LogP contribution in [-0.2, 0) is 14.3 Å². The number of carbonyl (C=O) groups is 2. The van der Waals surface area contributed by atoms with Gasteiger partial charge in [-0.15, -0.1) is 0 Å². The van der Waals surface area contributed by atoms with E-state index in [1.807, 2.05) is 51.1 Å². The van der Waals surface area contributed by atoms with Crippen molar-refractivity contribution in [2.45, 2.75) is 26.8 Å². The molecular formula is C22H25NO5. The van der Waals surface area contributed by atoms with Crippen LogP contribution < -0.4 is 4.74 Å². The van der Waals surface area contributed by atoms with Gasteiger partial charge in [-0.1, -0.05) is 18.2 Å². The van der Waals surface area contributed by atoms with Crippen molar-refractivity contribution < 1.29 is 23.8 Å². The molecule has 28 heavy (non-hydrogen) atoms. The fraction of sp³-hybridized carbons (Fsp3) is 0.364. The summed E-state index contributed by atoms with van der Waals surface area (Å²) in [5.74, 6) is -0.0350. The van der Waals surface area contributed by atoms with E-state index in [2.05, 4.69) is 4.57 Å². The minimum Gasteiger partial charge on any atom is -0.488 e. The van der Waals surface area contributed by atoms with Crippen molar-refractivity contribution >= 4 is 17.8 Å². The SMILES string of the molecule is COC[C@H](C)n1c(C)cc(C(=O)COC(=O)C2=Cc3ccccc3OC2)c1C. The molecule has 1 aromatic heterocycles.